The normalized spacial score (nSPS) is 15.9. The zero-order valence-electron chi connectivity index (χ0n) is 16.3. The molecule has 4 nitrogen and oxygen atoms in total. The van der Waals surface area contributed by atoms with E-state index in [0.717, 1.165) is 48.2 Å². The van der Waals surface area contributed by atoms with Crippen molar-refractivity contribution in [2.45, 2.75) is 51.0 Å². The summed E-state index contributed by atoms with van der Waals surface area (Å²) in [7, 11) is 1.66. The molecule has 1 aliphatic rings. The first kappa shape index (κ1) is 19.4. The molecule has 0 aromatic heterocycles. The third-order valence-electron chi connectivity index (χ3n) is 5.44. The highest BCUT2D eigenvalue weighted by molar-refractivity contribution is 5.99. The Bertz CT molecular complexity index is 748. The number of methoxy groups -OCH3 is 1. The van der Waals surface area contributed by atoms with Gasteiger partial charge >= 0.3 is 0 Å². The van der Waals surface area contributed by atoms with Gasteiger partial charge in [0.2, 0.25) is 5.91 Å². The zero-order valence-corrected chi connectivity index (χ0v) is 16.3. The summed E-state index contributed by atoms with van der Waals surface area (Å²) in [6, 6.07) is 15.9. The lowest BCUT2D eigenvalue weighted by atomic mass is 9.68. The molecule has 0 spiro atoms. The number of hydrogen-bond donors (Lipinski definition) is 1. The first-order valence-corrected chi connectivity index (χ1v) is 9.80. The first-order valence-electron chi connectivity index (χ1n) is 9.80. The van der Waals surface area contributed by atoms with Crippen molar-refractivity contribution < 1.29 is 14.3 Å². The third kappa shape index (κ3) is 4.51. The molecule has 0 radical (unpaired) electrons. The van der Waals surface area contributed by atoms with E-state index < -0.39 is 5.41 Å². The zero-order chi connectivity index (χ0) is 19.1. The lowest BCUT2D eigenvalue weighted by Gasteiger charge is -2.36. The molecule has 1 amide bonds. The maximum atomic E-state index is 13.4. The Morgan fingerprint density at radius 1 is 1.07 bits per heavy atom. The summed E-state index contributed by atoms with van der Waals surface area (Å²) in [6.45, 7) is 3.22. The minimum Gasteiger partial charge on any atom is -0.497 e. The van der Waals surface area contributed by atoms with Crippen LogP contribution in [0.3, 0.4) is 0 Å². The monoisotopic (exact) mass is 367 g/mol. The predicted molar refractivity (Wildman–Crippen MR) is 108 cm³/mol. The van der Waals surface area contributed by atoms with Gasteiger partial charge in [-0.2, -0.15) is 0 Å². The van der Waals surface area contributed by atoms with Crippen molar-refractivity contribution in [3.05, 3.63) is 59.7 Å². The van der Waals surface area contributed by atoms with Crippen LogP contribution in [0.4, 0.5) is 5.69 Å². The van der Waals surface area contributed by atoms with E-state index in [9.17, 15) is 4.79 Å². The second-order valence-electron chi connectivity index (χ2n) is 7.16. The van der Waals surface area contributed by atoms with E-state index >= 15 is 0 Å². The minimum atomic E-state index is -0.472. The molecule has 0 aliphatic heterocycles. The Kier molecular flexibility index (Phi) is 6.51. The number of benzene rings is 2. The summed E-state index contributed by atoms with van der Waals surface area (Å²) < 4.78 is 10.8. The number of ether oxygens (including phenoxy) is 2. The van der Waals surface area contributed by atoms with Crippen LogP contribution < -0.4 is 10.1 Å². The van der Waals surface area contributed by atoms with E-state index in [1.807, 2.05) is 55.5 Å². The van der Waals surface area contributed by atoms with Crippen LogP contribution in [0.25, 0.3) is 0 Å². The fourth-order valence-corrected chi connectivity index (χ4v) is 3.92. The molecule has 2 aromatic rings. The van der Waals surface area contributed by atoms with Gasteiger partial charge in [-0.3, -0.25) is 4.79 Å². The predicted octanol–water partition coefficient (Wildman–Crippen LogP) is 5.07. The van der Waals surface area contributed by atoms with Crippen LogP contribution >= 0.6 is 0 Å². The molecular weight excluding hydrogens is 338 g/mol. The van der Waals surface area contributed by atoms with Crippen molar-refractivity contribution in [1.29, 1.82) is 0 Å². The Morgan fingerprint density at radius 2 is 1.81 bits per heavy atom. The van der Waals surface area contributed by atoms with Gasteiger partial charge in [0.15, 0.2) is 0 Å². The summed E-state index contributed by atoms with van der Waals surface area (Å²) in [5, 5.41) is 3.17. The third-order valence-corrected chi connectivity index (χ3v) is 5.44. The highest BCUT2D eigenvalue weighted by Crippen LogP contribution is 2.41. The van der Waals surface area contributed by atoms with Gasteiger partial charge in [-0.1, -0.05) is 43.5 Å². The lowest BCUT2D eigenvalue weighted by molar-refractivity contribution is -0.122. The molecule has 3 rings (SSSR count). The summed E-state index contributed by atoms with van der Waals surface area (Å²) in [5.41, 5.74) is 2.50. The highest BCUT2D eigenvalue weighted by Gasteiger charge is 2.41. The molecule has 1 fully saturated rings. The SMILES string of the molecule is CCOCc1cccc(NC(=O)C2(c3ccc(OC)cc3)CCCCC2)c1. The van der Waals surface area contributed by atoms with Crippen molar-refractivity contribution in [2.75, 3.05) is 19.0 Å². The van der Waals surface area contributed by atoms with Gasteiger partial charge in [0, 0.05) is 12.3 Å². The van der Waals surface area contributed by atoms with Crippen LogP contribution in [-0.2, 0) is 21.6 Å². The average molecular weight is 367 g/mol. The second kappa shape index (κ2) is 9.05. The molecule has 4 heteroatoms. The van der Waals surface area contributed by atoms with Crippen LogP contribution in [0.15, 0.2) is 48.5 Å². The number of carbonyl (C=O) groups is 1. The van der Waals surface area contributed by atoms with Crippen LogP contribution in [0, 0.1) is 0 Å². The lowest BCUT2D eigenvalue weighted by Crippen LogP contribution is -2.42. The van der Waals surface area contributed by atoms with Gasteiger partial charge in [-0.25, -0.2) is 0 Å². The van der Waals surface area contributed by atoms with E-state index in [2.05, 4.69) is 5.32 Å². The van der Waals surface area contributed by atoms with Crippen molar-refractivity contribution in [3.8, 4) is 5.75 Å². The molecule has 0 unspecified atom stereocenters. The highest BCUT2D eigenvalue weighted by atomic mass is 16.5. The van der Waals surface area contributed by atoms with Crippen LogP contribution in [0.1, 0.15) is 50.2 Å². The van der Waals surface area contributed by atoms with Gasteiger partial charge in [0.25, 0.3) is 0 Å². The van der Waals surface area contributed by atoms with E-state index in [1.54, 1.807) is 7.11 Å². The molecule has 2 aromatic carbocycles. The standard InChI is InChI=1S/C23H29NO3/c1-3-27-17-18-8-7-9-20(16-18)24-22(25)23(14-5-4-6-15-23)19-10-12-21(26-2)13-11-19/h7-13,16H,3-6,14-15,17H2,1-2H3,(H,24,25). The molecule has 0 saturated heterocycles. The summed E-state index contributed by atoms with van der Waals surface area (Å²) in [6.07, 6.45) is 5.09. The number of amides is 1. The van der Waals surface area contributed by atoms with Gasteiger partial charge in [-0.05, 0) is 55.2 Å². The fourth-order valence-electron chi connectivity index (χ4n) is 3.92. The molecule has 1 aliphatic carbocycles. The Hall–Kier alpha value is -2.33. The largest absolute Gasteiger partial charge is 0.497 e. The van der Waals surface area contributed by atoms with Crippen LogP contribution in [0.2, 0.25) is 0 Å². The van der Waals surface area contributed by atoms with Gasteiger partial charge < -0.3 is 14.8 Å². The van der Waals surface area contributed by atoms with Gasteiger partial charge in [-0.15, -0.1) is 0 Å². The Morgan fingerprint density at radius 3 is 2.48 bits per heavy atom. The van der Waals surface area contributed by atoms with E-state index in [-0.39, 0.29) is 5.91 Å². The van der Waals surface area contributed by atoms with Crippen molar-refractivity contribution >= 4 is 11.6 Å². The van der Waals surface area contributed by atoms with Crippen molar-refractivity contribution in [1.82, 2.24) is 0 Å². The number of hydrogen-bond acceptors (Lipinski definition) is 3. The number of nitrogens with one attached hydrogen (secondary N) is 1. The number of carbonyl (C=O) groups excluding carboxylic acids is 1. The van der Waals surface area contributed by atoms with Crippen molar-refractivity contribution in [3.63, 3.8) is 0 Å². The van der Waals surface area contributed by atoms with Gasteiger partial charge in [0.1, 0.15) is 5.75 Å². The number of rotatable bonds is 7. The van der Waals surface area contributed by atoms with E-state index in [4.69, 9.17) is 9.47 Å². The van der Waals surface area contributed by atoms with Crippen LogP contribution in [-0.4, -0.2) is 19.6 Å². The molecule has 0 atom stereocenters. The van der Waals surface area contributed by atoms with Crippen molar-refractivity contribution in [2.24, 2.45) is 0 Å². The summed E-state index contributed by atoms with van der Waals surface area (Å²) in [5.74, 6) is 0.898. The molecule has 144 valence electrons. The van der Waals surface area contributed by atoms with E-state index in [0.29, 0.717) is 13.2 Å². The molecule has 1 N–H and O–H groups in total. The smallest absolute Gasteiger partial charge is 0.235 e. The quantitative estimate of drug-likeness (QED) is 0.743. The topological polar surface area (TPSA) is 47.6 Å². The molecular formula is C23H29NO3. The molecule has 1 saturated carbocycles. The van der Waals surface area contributed by atoms with Gasteiger partial charge in [0.05, 0.1) is 19.1 Å². The average Bonchev–Trinajstić information content (AvgIpc) is 2.73. The minimum absolute atomic E-state index is 0.0842. The maximum absolute atomic E-state index is 13.4. The van der Waals surface area contributed by atoms with Crippen LogP contribution in [0.5, 0.6) is 5.75 Å². The second-order valence-corrected chi connectivity index (χ2v) is 7.16. The molecule has 0 bridgehead atoms. The summed E-state index contributed by atoms with van der Waals surface area (Å²) >= 11 is 0. The van der Waals surface area contributed by atoms with E-state index in [1.165, 1.54) is 6.42 Å². The Balaban J connectivity index is 1.83. The maximum Gasteiger partial charge on any atom is 0.235 e. The fraction of sp³-hybridized carbons (Fsp3) is 0.435. The molecule has 0 heterocycles. The first-order chi connectivity index (χ1) is 13.2. The number of anilines is 1. The Labute approximate surface area is 161 Å². The molecule has 27 heavy (non-hydrogen) atoms. The summed E-state index contributed by atoms with van der Waals surface area (Å²) in [4.78, 5) is 13.4.